The Kier molecular flexibility index (Phi) is 25.9. The molecule has 0 spiro atoms. The minimum Gasteiger partial charge on any atom is -0.504 e. The molecule has 326 valence electrons. The molecule has 0 aliphatic rings. The topological polar surface area (TPSA) is 183 Å². The highest BCUT2D eigenvalue weighted by Crippen LogP contribution is 2.31. The van der Waals surface area contributed by atoms with Crippen LogP contribution in [0.5, 0.6) is 34.5 Å². The fraction of sp³-hybridized carbons (Fsp3) is 0.571. The number of methoxy groups -OCH3 is 3. The Hall–Kier alpha value is -3.94. The van der Waals surface area contributed by atoms with Gasteiger partial charge in [-0.15, -0.1) is 0 Å². The van der Waals surface area contributed by atoms with Gasteiger partial charge in [0.15, 0.2) is 34.5 Å². The van der Waals surface area contributed by atoms with Crippen molar-refractivity contribution in [2.24, 2.45) is 0 Å². The van der Waals surface area contributed by atoms with Crippen LogP contribution in [0.2, 0.25) is 0 Å². The number of nitrogens with zero attached hydrogens (tertiary/aromatic N) is 1. The molecule has 0 unspecified atom stereocenters. The van der Waals surface area contributed by atoms with Gasteiger partial charge in [-0.25, -0.2) is 0 Å². The molecule has 0 aromatic heterocycles. The summed E-state index contributed by atoms with van der Waals surface area (Å²) in [6.45, 7) is 10.8. The number of nitrogens with one attached hydrogen (secondary N) is 3. The maximum Gasteiger partial charge on any atom is 0.162 e. The van der Waals surface area contributed by atoms with E-state index in [0.29, 0.717) is 136 Å². The van der Waals surface area contributed by atoms with Crippen LogP contribution in [-0.2, 0) is 48.1 Å². The summed E-state index contributed by atoms with van der Waals surface area (Å²) in [5.74, 6) is 1.58. The minimum atomic E-state index is 0.110. The minimum absolute atomic E-state index is 0.110. The van der Waals surface area contributed by atoms with E-state index in [1.54, 1.807) is 39.5 Å². The zero-order valence-electron chi connectivity index (χ0n) is 34.5. The number of phenolic OH excluding ortho intramolecular Hbond substituents is 3. The molecule has 3 aromatic rings. The molecule has 0 heterocycles. The number of aromatic hydroxyl groups is 3. The van der Waals surface area contributed by atoms with Crippen LogP contribution in [0.25, 0.3) is 0 Å². The van der Waals surface area contributed by atoms with Crippen LogP contribution < -0.4 is 30.2 Å². The van der Waals surface area contributed by atoms with Gasteiger partial charge >= 0.3 is 0 Å². The Balaban J connectivity index is 1.50. The van der Waals surface area contributed by atoms with Gasteiger partial charge in [-0.3, -0.25) is 4.90 Å². The number of hydrogen-bond donors (Lipinski definition) is 6. The van der Waals surface area contributed by atoms with Crippen LogP contribution in [-0.4, -0.2) is 160 Å². The van der Waals surface area contributed by atoms with Crippen LogP contribution >= 0.6 is 0 Å². The van der Waals surface area contributed by atoms with Gasteiger partial charge < -0.3 is 73.9 Å². The van der Waals surface area contributed by atoms with E-state index in [2.05, 4.69) is 20.9 Å². The third kappa shape index (κ3) is 19.7. The van der Waals surface area contributed by atoms with E-state index in [4.69, 9.17) is 42.6 Å². The summed E-state index contributed by atoms with van der Waals surface area (Å²) in [5, 5.41) is 42.8. The van der Waals surface area contributed by atoms with Crippen molar-refractivity contribution in [3.8, 4) is 34.5 Å². The summed E-state index contributed by atoms with van der Waals surface area (Å²) in [4.78, 5) is 2.32. The van der Waals surface area contributed by atoms with Gasteiger partial charge in [-0.2, -0.15) is 0 Å². The monoisotopic (exact) mass is 818 g/mol. The first-order valence-corrected chi connectivity index (χ1v) is 19.8. The zero-order valence-corrected chi connectivity index (χ0v) is 34.5. The lowest BCUT2D eigenvalue weighted by atomic mass is 10.2. The summed E-state index contributed by atoms with van der Waals surface area (Å²) in [7, 11) is 4.87. The maximum atomic E-state index is 10.8. The highest BCUT2D eigenvalue weighted by Gasteiger charge is 2.12. The fourth-order valence-corrected chi connectivity index (χ4v) is 5.56. The van der Waals surface area contributed by atoms with Gasteiger partial charge in [-0.1, -0.05) is 36.4 Å². The Bertz CT molecular complexity index is 1330. The number of phenols is 3. The third-order valence-electron chi connectivity index (χ3n) is 8.76. The van der Waals surface area contributed by atoms with Crippen molar-refractivity contribution < 1.29 is 58.0 Å². The van der Waals surface area contributed by atoms with Crippen LogP contribution in [0, 0.1) is 0 Å². The largest absolute Gasteiger partial charge is 0.504 e. The quantitative estimate of drug-likeness (QED) is 0.0471. The number of ether oxygens (including phenoxy) is 9. The molecule has 3 aromatic carbocycles. The van der Waals surface area contributed by atoms with Gasteiger partial charge in [0.05, 0.1) is 59.5 Å². The second-order valence-electron chi connectivity index (χ2n) is 13.0. The second-order valence-corrected chi connectivity index (χ2v) is 13.0. The van der Waals surface area contributed by atoms with Crippen molar-refractivity contribution in [1.29, 1.82) is 0 Å². The Morgan fingerprint density at radius 3 is 1.00 bits per heavy atom. The number of hydrogen-bond acceptors (Lipinski definition) is 16. The second kappa shape index (κ2) is 31.0. The van der Waals surface area contributed by atoms with Crippen molar-refractivity contribution in [1.82, 2.24) is 20.9 Å². The standard InChI is InChI=1S/C42H66N4O12/c1-50-19-22-53-25-28-56-37-10-4-7-34(40(37)47)31-43-13-16-46(17-14-44-32-35-8-5-11-38(41(35)48)57-29-26-54-23-20-51-2)18-15-45-33-36-9-6-12-39(42(36)49)58-30-27-55-24-21-52-3/h4-12,43-45,47-49H,13-33H2,1-3H3. The number of para-hydroxylation sites is 3. The maximum absolute atomic E-state index is 10.8. The normalized spacial score (nSPS) is 11.4. The summed E-state index contributed by atoms with van der Waals surface area (Å²) >= 11 is 0. The molecule has 6 N–H and O–H groups in total. The third-order valence-corrected chi connectivity index (χ3v) is 8.76. The zero-order chi connectivity index (χ0) is 41.5. The first kappa shape index (κ1) is 48.4. The Morgan fingerprint density at radius 1 is 0.414 bits per heavy atom. The molecule has 58 heavy (non-hydrogen) atoms. The van der Waals surface area contributed by atoms with Crippen LogP contribution in [0.3, 0.4) is 0 Å². The molecule has 0 atom stereocenters. The van der Waals surface area contributed by atoms with Gasteiger partial charge in [0.2, 0.25) is 0 Å². The number of benzene rings is 3. The molecule has 0 saturated carbocycles. The van der Waals surface area contributed by atoms with Crippen molar-refractivity contribution in [3.63, 3.8) is 0 Å². The Labute approximate surface area is 343 Å². The van der Waals surface area contributed by atoms with E-state index in [0.717, 1.165) is 36.3 Å². The lowest BCUT2D eigenvalue weighted by Gasteiger charge is -2.23. The molecule has 3 rings (SSSR count). The van der Waals surface area contributed by atoms with Gasteiger partial charge in [0.1, 0.15) is 19.8 Å². The summed E-state index contributed by atoms with van der Waals surface area (Å²) in [6.07, 6.45) is 0. The van der Waals surface area contributed by atoms with E-state index >= 15 is 0 Å². The molecule has 16 nitrogen and oxygen atoms in total. The molecule has 0 radical (unpaired) electrons. The van der Waals surface area contributed by atoms with Gasteiger partial charge in [0, 0.05) is 96.9 Å². The smallest absolute Gasteiger partial charge is 0.162 e. The average molecular weight is 819 g/mol. The van der Waals surface area contributed by atoms with Crippen molar-refractivity contribution in [2.45, 2.75) is 19.6 Å². The first-order valence-electron chi connectivity index (χ1n) is 19.8. The van der Waals surface area contributed by atoms with Crippen molar-refractivity contribution >= 4 is 0 Å². The molecule has 0 fully saturated rings. The molecular formula is C42H66N4O12. The van der Waals surface area contributed by atoms with E-state index in [1.807, 2.05) is 36.4 Å². The SMILES string of the molecule is COCCOCCOc1cccc(CNCCN(CCNCc2cccc(OCCOCCOC)c2O)CCNCc2cccc(OCCOCCOC)c2O)c1O. The van der Waals surface area contributed by atoms with Crippen LogP contribution in [0.15, 0.2) is 54.6 Å². The highest BCUT2D eigenvalue weighted by molar-refractivity contribution is 5.46. The van der Waals surface area contributed by atoms with Crippen molar-refractivity contribution in [2.75, 3.05) is 140 Å². The molecule has 0 amide bonds. The highest BCUT2D eigenvalue weighted by atomic mass is 16.6. The van der Waals surface area contributed by atoms with Crippen molar-refractivity contribution in [3.05, 3.63) is 71.3 Å². The summed E-state index contributed by atoms with van der Waals surface area (Å²) in [6, 6.07) is 16.4. The van der Waals surface area contributed by atoms with Gasteiger partial charge in [-0.05, 0) is 18.2 Å². The lowest BCUT2D eigenvalue weighted by Crippen LogP contribution is -2.40. The van der Waals surface area contributed by atoms with E-state index < -0.39 is 0 Å². The molecule has 0 aliphatic heterocycles. The Morgan fingerprint density at radius 2 is 0.707 bits per heavy atom. The molecule has 0 bridgehead atoms. The first-order chi connectivity index (χ1) is 28.5. The average Bonchev–Trinajstić information content (AvgIpc) is 3.23. The molecule has 0 saturated heterocycles. The molecule has 0 aliphatic carbocycles. The van der Waals surface area contributed by atoms with E-state index in [9.17, 15) is 15.3 Å². The fourth-order valence-electron chi connectivity index (χ4n) is 5.56. The predicted octanol–water partition coefficient (Wildman–Crippen LogP) is 2.90. The number of rotatable bonds is 36. The van der Waals surface area contributed by atoms with Crippen LogP contribution in [0.4, 0.5) is 0 Å². The van der Waals surface area contributed by atoms with E-state index in [-0.39, 0.29) is 17.2 Å². The van der Waals surface area contributed by atoms with E-state index in [1.165, 1.54) is 0 Å². The van der Waals surface area contributed by atoms with Gasteiger partial charge in [0.25, 0.3) is 0 Å². The predicted molar refractivity (Wildman–Crippen MR) is 220 cm³/mol. The molecule has 16 heteroatoms. The molecular weight excluding hydrogens is 752 g/mol. The lowest BCUT2D eigenvalue weighted by molar-refractivity contribution is 0.0540. The van der Waals surface area contributed by atoms with Crippen LogP contribution in [0.1, 0.15) is 16.7 Å². The summed E-state index contributed by atoms with van der Waals surface area (Å²) in [5.41, 5.74) is 2.21. The summed E-state index contributed by atoms with van der Waals surface area (Å²) < 4.78 is 48.5.